The van der Waals surface area contributed by atoms with Gasteiger partial charge in [-0.1, -0.05) is 55.9 Å². The van der Waals surface area contributed by atoms with E-state index in [0.717, 1.165) is 23.4 Å². The summed E-state index contributed by atoms with van der Waals surface area (Å²) in [5, 5.41) is 10.1. The van der Waals surface area contributed by atoms with Crippen LogP contribution in [0.2, 0.25) is 0 Å². The Morgan fingerprint density at radius 2 is 2.00 bits per heavy atom. The zero-order valence-electron chi connectivity index (χ0n) is 12.8. The molecule has 2 rings (SSSR count). The lowest BCUT2D eigenvalue weighted by molar-refractivity contribution is -0.118. The Balaban J connectivity index is 2.28. The van der Waals surface area contributed by atoms with Crippen molar-refractivity contribution < 1.29 is 4.79 Å². The molecule has 112 valence electrons. The van der Waals surface area contributed by atoms with Gasteiger partial charge in [-0.2, -0.15) is 0 Å². The van der Waals surface area contributed by atoms with Crippen LogP contribution in [-0.4, -0.2) is 22.6 Å². The lowest BCUT2D eigenvalue weighted by atomic mass is 10.1. The van der Waals surface area contributed by atoms with Gasteiger partial charge < -0.3 is 0 Å². The van der Waals surface area contributed by atoms with Crippen molar-refractivity contribution in [1.29, 1.82) is 0 Å². The van der Waals surface area contributed by atoms with Crippen LogP contribution in [0.3, 0.4) is 0 Å². The third-order valence-electron chi connectivity index (χ3n) is 3.36. The summed E-state index contributed by atoms with van der Waals surface area (Å²) in [6.07, 6.45) is 2.52. The molecule has 1 amide bonds. The normalized spacial score (nSPS) is 10.6. The maximum atomic E-state index is 12.1. The van der Waals surface area contributed by atoms with Gasteiger partial charge in [-0.3, -0.25) is 9.69 Å². The van der Waals surface area contributed by atoms with Gasteiger partial charge in [0.25, 0.3) is 0 Å². The minimum absolute atomic E-state index is 0.107. The van der Waals surface area contributed by atoms with Gasteiger partial charge in [-0.15, -0.1) is 10.2 Å². The van der Waals surface area contributed by atoms with Crippen molar-refractivity contribution in [2.75, 3.05) is 11.4 Å². The summed E-state index contributed by atoms with van der Waals surface area (Å²) in [6, 6.07) is 8.10. The molecule has 0 unspecified atom stereocenters. The lowest BCUT2D eigenvalue weighted by Gasteiger charge is -2.17. The van der Waals surface area contributed by atoms with Crippen LogP contribution < -0.4 is 4.90 Å². The molecule has 1 aromatic heterocycles. The maximum absolute atomic E-state index is 12.1. The Bertz CT molecular complexity index is 609. The van der Waals surface area contributed by atoms with Crippen LogP contribution in [0.4, 0.5) is 5.13 Å². The second kappa shape index (κ2) is 7.31. The monoisotopic (exact) mass is 303 g/mol. The minimum atomic E-state index is 0.107. The van der Waals surface area contributed by atoms with Gasteiger partial charge in [0.05, 0.1) is 0 Å². The number of rotatable bonds is 6. The van der Waals surface area contributed by atoms with E-state index in [4.69, 9.17) is 0 Å². The molecule has 21 heavy (non-hydrogen) atoms. The number of hydrogen-bond acceptors (Lipinski definition) is 4. The molecule has 0 N–H and O–H groups in total. The van der Waals surface area contributed by atoms with Gasteiger partial charge in [-0.05, 0) is 18.9 Å². The van der Waals surface area contributed by atoms with Gasteiger partial charge in [-0.25, -0.2) is 0 Å². The van der Waals surface area contributed by atoms with Gasteiger partial charge >= 0.3 is 0 Å². The highest BCUT2D eigenvalue weighted by Gasteiger charge is 2.19. The maximum Gasteiger partial charge on any atom is 0.228 e. The second-order valence-electron chi connectivity index (χ2n) is 4.96. The van der Waals surface area contributed by atoms with E-state index in [-0.39, 0.29) is 5.91 Å². The van der Waals surface area contributed by atoms with Crippen molar-refractivity contribution in [1.82, 2.24) is 10.2 Å². The predicted octanol–water partition coefficient (Wildman–Crippen LogP) is 4.06. The fourth-order valence-electron chi connectivity index (χ4n) is 2.08. The molecule has 0 bridgehead atoms. The summed E-state index contributed by atoms with van der Waals surface area (Å²) in [6.45, 7) is 6.77. The van der Waals surface area contributed by atoms with Crippen LogP contribution in [0.25, 0.3) is 10.6 Å². The van der Waals surface area contributed by atoms with Crippen molar-refractivity contribution >= 4 is 22.4 Å². The van der Waals surface area contributed by atoms with E-state index >= 15 is 0 Å². The molecule has 5 heteroatoms. The molecule has 4 nitrogen and oxygen atoms in total. The van der Waals surface area contributed by atoms with Crippen molar-refractivity contribution in [2.24, 2.45) is 0 Å². The number of carbonyl (C=O) groups excluding carboxylic acids is 1. The van der Waals surface area contributed by atoms with Crippen molar-refractivity contribution in [3.05, 3.63) is 29.8 Å². The SMILES string of the molecule is CCCCN(C(=O)CC)c1nnc(-c2ccccc2C)s1. The molecule has 0 saturated heterocycles. The third-order valence-corrected chi connectivity index (χ3v) is 4.34. The van der Waals surface area contributed by atoms with Crippen LogP contribution in [0.1, 0.15) is 38.7 Å². The molecule has 1 heterocycles. The highest BCUT2D eigenvalue weighted by molar-refractivity contribution is 7.18. The summed E-state index contributed by atoms with van der Waals surface area (Å²) >= 11 is 1.49. The number of aromatic nitrogens is 2. The first kappa shape index (κ1) is 15.6. The van der Waals surface area contributed by atoms with E-state index in [2.05, 4.69) is 30.1 Å². The first-order valence-electron chi connectivity index (χ1n) is 7.37. The number of anilines is 1. The number of unbranched alkanes of at least 4 members (excludes halogenated alkanes) is 1. The highest BCUT2D eigenvalue weighted by atomic mass is 32.1. The van der Waals surface area contributed by atoms with E-state index in [1.54, 1.807) is 4.90 Å². The Morgan fingerprint density at radius 3 is 2.67 bits per heavy atom. The molecule has 0 aliphatic heterocycles. The number of aryl methyl sites for hydroxylation is 1. The van der Waals surface area contributed by atoms with Crippen LogP contribution in [-0.2, 0) is 4.79 Å². The Labute approximate surface area is 129 Å². The number of nitrogens with zero attached hydrogens (tertiary/aromatic N) is 3. The number of carbonyl (C=O) groups is 1. The van der Waals surface area contributed by atoms with Crippen LogP contribution in [0.5, 0.6) is 0 Å². The van der Waals surface area contributed by atoms with E-state index < -0.39 is 0 Å². The van der Waals surface area contributed by atoms with E-state index in [9.17, 15) is 4.79 Å². The standard InChI is InChI=1S/C16H21N3OS/c1-4-6-11-19(14(20)5-2)16-18-17-15(21-16)13-10-8-7-9-12(13)3/h7-10H,4-6,11H2,1-3H3. The van der Waals surface area contributed by atoms with E-state index in [1.165, 1.54) is 16.9 Å². The van der Waals surface area contributed by atoms with Crippen molar-refractivity contribution in [3.8, 4) is 10.6 Å². The topological polar surface area (TPSA) is 46.1 Å². The Kier molecular flexibility index (Phi) is 5.44. The largest absolute Gasteiger partial charge is 0.287 e. The average Bonchev–Trinajstić information content (AvgIpc) is 2.97. The van der Waals surface area contributed by atoms with Gasteiger partial charge in [0, 0.05) is 18.5 Å². The molecule has 0 aliphatic carbocycles. The second-order valence-corrected chi connectivity index (χ2v) is 5.91. The minimum Gasteiger partial charge on any atom is -0.287 e. The molecule has 0 spiro atoms. The molecule has 0 fully saturated rings. The predicted molar refractivity (Wildman–Crippen MR) is 87.6 cm³/mol. The fraction of sp³-hybridized carbons (Fsp3) is 0.438. The number of hydrogen-bond donors (Lipinski definition) is 0. The molecule has 0 aliphatic rings. The summed E-state index contributed by atoms with van der Waals surface area (Å²) in [7, 11) is 0. The zero-order chi connectivity index (χ0) is 15.2. The number of amides is 1. The third kappa shape index (κ3) is 3.67. The first-order chi connectivity index (χ1) is 10.2. The van der Waals surface area contributed by atoms with Crippen molar-refractivity contribution in [3.63, 3.8) is 0 Å². The van der Waals surface area contributed by atoms with Crippen LogP contribution in [0.15, 0.2) is 24.3 Å². The fourth-order valence-corrected chi connectivity index (χ4v) is 3.06. The van der Waals surface area contributed by atoms with E-state index in [0.29, 0.717) is 18.1 Å². The molecular weight excluding hydrogens is 282 g/mol. The van der Waals surface area contributed by atoms with Crippen LogP contribution in [0, 0.1) is 6.92 Å². The van der Waals surface area contributed by atoms with Gasteiger partial charge in [0.2, 0.25) is 11.0 Å². The summed E-state index contributed by atoms with van der Waals surface area (Å²) in [4.78, 5) is 13.9. The zero-order valence-corrected chi connectivity index (χ0v) is 13.6. The molecule has 2 aromatic rings. The lowest BCUT2D eigenvalue weighted by Crippen LogP contribution is -2.31. The summed E-state index contributed by atoms with van der Waals surface area (Å²) < 4.78 is 0. The van der Waals surface area contributed by atoms with Crippen molar-refractivity contribution in [2.45, 2.75) is 40.0 Å². The molecular formula is C16H21N3OS. The molecule has 1 aromatic carbocycles. The summed E-state index contributed by atoms with van der Waals surface area (Å²) in [5.74, 6) is 0.107. The van der Waals surface area contributed by atoms with Crippen LogP contribution >= 0.6 is 11.3 Å². The van der Waals surface area contributed by atoms with Gasteiger partial charge in [0.15, 0.2) is 0 Å². The van der Waals surface area contributed by atoms with Gasteiger partial charge in [0.1, 0.15) is 5.01 Å². The highest BCUT2D eigenvalue weighted by Crippen LogP contribution is 2.31. The Morgan fingerprint density at radius 1 is 1.24 bits per heavy atom. The molecule has 0 saturated carbocycles. The molecule has 0 radical (unpaired) electrons. The summed E-state index contributed by atoms with van der Waals surface area (Å²) in [5.41, 5.74) is 2.25. The molecule has 0 atom stereocenters. The number of benzene rings is 1. The Hall–Kier alpha value is -1.75. The quantitative estimate of drug-likeness (QED) is 0.808. The first-order valence-corrected chi connectivity index (χ1v) is 8.18. The van der Waals surface area contributed by atoms with E-state index in [1.807, 2.05) is 25.1 Å². The smallest absolute Gasteiger partial charge is 0.228 e. The average molecular weight is 303 g/mol.